The molecule has 30 heavy (non-hydrogen) atoms. The Hall–Kier alpha value is -3.62. The van der Waals surface area contributed by atoms with Gasteiger partial charge in [0.1, 0.15) is 18.2 Å². The Morgan fingerprint density at radius 2 is 1.97 bits per heavy atom. The standard InChI is InChI=1S/C21H22FN5O3/c1-13(2)20-24-16(11-18(28)26-20)10-17(14-4-6-15(22)7-5-14)25-19(29)12-27-9-3-8-23-21(27)30/h3-9,11,13,17H,10,12H2,1-2H3,(H,25,29)(H,24,26,28). The average Bonchev–Trinajstić information content (AvgIpc) is 2.69. The topological polar surface area (TPSA) is 110 Å². The molecule has 8 nitrogen and oxygen atoms in total. The van der Waals surface area contributed by atoms with Gasteiger partial charge in [-0.15, -0.1) is 0 Å². The second kappa shape index (κ2) is 9.25. The highest BCUT2D eigenvalue weighted by molar-refractivity contribution is 5.76. The van der Waals surface area contributed by atoms with Crippen molar-refractivity contribution in [3.63, 3.8) is 0 Å². The quantitative estimate of drug-likeness (QED) is 0.615. The molecule has 2 heterocycles. The van der Waals surface area contributed by atoms with Crippen LogP contribution in [0.3, 0.4) is 0 Å². The van der Waals surface area contributed by atoms with E-state index in [0.717, 1.165) is 0 Å². The first-order valence-corrected chi connectivity index (χ1v) is 9.48. The van der Waals surface area contributed by atoms with Crippen LogP contribution in [0, 0.1) is 5.82 Å². The fourth-order valence-electron chi connectivity index (χ4n) is 2.97. The van der Waals surface area contributed by atoms with Crippen LogP contribution in [0.2, 0.25) is 0 Å². The fourth-order valence-corrected chi connectivity index (χ4v) is 2.97. The van der Waals surface area contributed by atoms with Gasteiger partial charge in [-0.25, -0.2) is 19.2 Å². The third kappa shape index (κ3) is 5.47. The molecule has 0 aliphatic heterocycles. The number of carbonyl (C=O) groups is 1. The minimum absolute atomic E-state index is 0.0222. The molecule has 3 aromatic rings. The lowest BCUT2D eigenvalue weighted by Gasteiger charge is -2.20. The van der Waals surface area contributed by atoms with Crippen molar-refractivity contribution in [3.05, 3.63) is 92.5 Å². The molecule has 156 valence electrons. The Morgan fingerprint density at radius 1 is 1.23 bits per heavy atom. The molecule has 0 aliphatic rings. The number of benzene rings is 1. The maximum atomic E-state index is 13.4. The number of nitrogens with zero attached hydrogens (tertiary/aromatic N) is 3. The van der Waals surface area contributed by atoms with Crippen LogP contribution in [0.25, 0.3) is 0 Å². The molecule has 0 spiro atoms. The van der Waals surface area contributed by atoms with Crippen molar-refractivity contribution >= 4 is 5.91 Å². The summed E-state index contributed by atoms with van der Waals surface area (Å²) in [5, 5.41) is 2.84. The first-order chi connectivity index (χ1) is 14.3. The summed E-state index contributed by atoms with van der Waals surface area (Å²) < 4.78 is 14.6. The number of halogens is 1. The van der Waals surface area contributed by atoms with Gasteiger partial charge in [0.25, 0.3) is 5.56 Å². The number of hydrogen-bond donors (Lipinski definition) is 2. The van der Waals surface area contributed by atoms with Gasteiger partial charge in [-0.1, -0.05) is 26.0 Å². The number of hydrogen-bond acceptors (Lipinski definition) is 5. The molecule has 9 heteroatoms. The van der Waals surface area contributed by atoms with Gasteiger partial charge in [-0.3, -0.25) is 14.2 Å². The van der Waals surface area contributed by atoms with E-state index in [9.17, 15) is 18.8 Å². The molecule has 0 bridgehead atoms. The number of aromatic amines is 1. The van der Waals surface area contributed by atoms with Crippen LogP contribution in [0.15, 0.2) is 58.4 Å². The summed E-state index contributed by atoms with van der Waals surface area (Å²) in [5.41, 5.74) is 0.325. The van der Waals surface area contributed by atoms with E-state index in [1.54, 1.807) is 18.2 Å². The van der Waals surface area contributed by atoms with Crippen molar-refractivity contribution in [2.24, 2.45) is 0 Å². The zero-order chi connectivity index (χ0) is 21.7. The molecule has 2 aromatic heterocycles. The second-order valence-corrected chi connectivity index (χ2v) is 7.18. The van der Waals surface area contributed by atoms with Crippen LogP contribution >= 0.6 is 0 Å². The fraction of sp³-hybridized carbons (Fsp3) is 0.286. The second-order valence-electron chi connectivity index (χ2n) is 7.18. The summed E-state index contributed by atoms with van der Waals surface area (Å²) in [6.45, 7) is 3.60. The van der Waals surface area contributed by atoms with E-state index < -0.39 is 23.5 Å². The lowest BCUT2D eigenvalue weighted by Crippen LogP contribution is -2.36. The SMILES string of the molecule is CC(C)c1nc(CC(NC(=O)Cn2cccnc2=O)c2ccc(F)cc2)cc(=O)[nH]1. The van der Waals surface area contributed by atoms with Crippen molar-refractivity contribution < 1.29 is 9.18 Å². The third-order valence-electron chi connectivity index (χ3n) is 4.48. The Morgan fingerprint density at radius 3 is 2.63 bits per heavy atom. The summed E-state index contributed by atoms with van der Waals surface area (Å²) in [7, 11) is 0. The van der Waals surface area contributed by atoms with Gasteiger partial charge in [0.2, 0.25) is 5.91 Å². The lowest BCUT2D eigenvalue weighted by molar-refractivity contribution is -0.122. The molecule has 0 saturated carbocycles. The monoisotopic (exact) mass is 411 g/mol. The number of H-pyrrole nitrogens is 1. The smallest absolute Gasteiger partial charge is 0.347 e. The molecule has 0 aliphatic carbocycles. The van der Waals surface area contributed by atoms with E-state index in [1.807, 2.05) is 13.8 Å². The van der Waals surface area contributed by atoms with Crippen LogP contribution in [-0.4, -0.2) is 25.4 Å². The summed E-state index contributed by atoms with van der Waals surface area (Å²) in [6.07, 6.45) is 3.04. The average molecular weight is 411 g/mol. The molecule has 1 amide bonds. The van der Waals surface area contributed by atoms with Crippen LogP contribution in [0.5, 0.6) is 0 Å². The molecule has 3 rings (SSSR count). The van der Waals surface area contributed by atoms with Gasteiger partial charge >= 0.3 is 5.69 Å². The minimum atomic E-state index is -0.570. The van der Waals surface area contributed by atoms with E-state index in [0.29, 0.717) is 17.1 Å². The maximum absolute atomic E-state index is 13.4. The highest BCUT2D eigenvalue weighted by Gasteiger charge is 2.18. The highest BCUT2D eigenvalue weighted by atomic mass is 19.1. The first-order valence-electron chi connectivity index (χ1n) is 9.48. The van der Waals surface area contributed by atoms with E-state index in [-0.39, 0.29) is 24.4 Å². The predicted octanol–water partition coefficient (Wildman–Crippen LogP) is 1.69. The van der Waals surface area contributed by atoms with Crippen molar-refractivity contribution in [2.45, 2.75) is 38.8 Å². The molecule has 0 radical (unpaired) electrons. The van der Waals surface area contributed by atoms with Gasteiger partial charge < -0.3 is 10.3 Å². The van der Waals surface area contributed by atoms with Crippen LogP contribution in [0.1, 0.15) is 42.9 Å². The van der Waals surface area contributed by atoms with Gasteiger partial charge in [0.15, 0.2) is 0 Å². The summed E-state index contributed by atoms with van der Waals surface area (Å²) in [4.78, 5) is 47.1. The first kappa shape index (κ1) is 21.1. The molecule has 0 saturated heterocycles. The van der Waals surface area contributed by atoms with Crippen LogP contribution < -0.4 is 16.6 Å². The zero-order valence-corrected chi connectivity index (χ0v) is 16.6. The Balaban J connectivity index is 1.87. The lowest BCUT2D eigenvalue weighted by atomic mass is 10.0. The maximum Gasteiger partial charge on any atom is 0.347 e. The van der Waals surface area contributed by atoms with Crippen molar-refractivity contribution in [1.29, 1.82) is 0 Å². The third-order valence-corrected chi connectivity index (χ3v) is 4.48. The molecule has 1 atom stereocenters. The summed E-state index contributed by atoms with van der Waals surface area (Å²) in [5.74, 6) is -0.256. The number of aromatic nitrogens is 4. The molecular weight excluding hydrogens is 389 g/mol. The number of nitrogens with one attached hydrogen (secondary N) is 2. The summed E-state index contributed by atoms with van der Waals surface area (Å²) >= 11 is 0. The molecule has 1 unspecified atom stereocenters. The van der Waals surface area contributed by atoms with Crippen molar-refractivity contribution in [2.75, 3.05) is 0 Å². The van der Waals surface area contributed by atoms with E-state index in [2.05, 4.69) is 20.3 Å². The Labute approximate surface area is 171 Å². The molecule has 2 N–H and O–H groups in total. The molecule has 1 aromatic carbocycles. The van der Waals surface area contributed by atoms with Crippen molar-refractivity contribution in [3.8, 4) is 0 Å². The van der Waals surface area contributed by atoms with Gasteiger partial charge in [0.05, 0.1) is 11.7 Å². The van der Waals surface area contributed by atoms with Gasteiger partial charge in [-0.05, 0) is 23.8 Å². The largest absolute Gasteiger partial charge is 0.347 e. The van der Waals surface area contributed by atoms with Gasteiger partial charge in [0, 0.05) is 30.8 Å². The normalized spacial score (nSPS) is 12.0. The molecule has 0 fully saturated rings. The van der Waals surface area contributed by atoms with Crippen LogP contribution in [-0.2, 0) is 17.8 Å². The van der Waals surface area contributed by atoms with Gasteiger partial charge in [-0.2, -0.15) is 0 Å². The number of carbonyl (C=O) groups excluding carboxylic acids is 1. The van der Waals surface area contributed by atoms with Crippen LogP contribution in [0.4, 0.5) is 4.39 Å². The van der Waals surface area contributed by atoms with E-state index >= 15 is 0 Å². The zero-order valence-electron chi connectivity index (χ0n) is 16.6. The Kier molecular flexibility index (Phi) is 6.51. The minimum Gasteiger partial charge on any atom is -0.347 e. The van der Waals surface area contributed by atoms with Crippen molar-refractivity contribution in [1.82, 2.24) is 24.8 Å². The molecular formula is C21H22FN5O3. The highest BCUT2D eigenvalue weighted by Crippen LogP contribution is 2.19. The van der Waals surface area contributed by atoms with E-state index in [1.165, 1.54) is 35.2 Å². The van der Waals surface area contributed by atoms with E-state index in [4.69, 9.17) is 0 Å². The number of rotatable bonds is 7. The Bertz CT molecular complexity index is 1140. The number of amides is 1. The summed E-state index contributed by atoms with van der Waals surface area (Å²) in [6, 6.07) is 8.08. The predicted molar refractivity (Wildman–Crippen MR) is 108 cm³/mol.